The predicted octanol–water partition coefficient (Wildman–Crippen LogP) is 3.95. The quantitative estimate of drug-likeness (QED) is 0.380. The number of hydrogen-bond donors (Lipinski definition) is 1. The van der Waals surface area contributed by atoms with Crippen LogP contribution in [0.1, 0.15) is 11.1 Å². The number of hydrogen-bond acceptors (Lipinski definition) is 3. The molecule has 0 spiro atoms. The van der Waals surface area contributed by atoms with E-state index in [-0.39, 0.29) is 12.4 Å². The minimum atomic E-state index is -2.23. The number of carbonyl (C=O) groups excluding carboxylic acids is 1. The van der Waals surface area contributed by atoms with Crippen molar-refractivity contribution in [2.75, 3.05) is 11.9 Å². The van der Waals surface area contributed by atoms with Gasteiger partial charge in [-0.3, -0.25) is 9.48 Å². The standard InChI is InChI=1S/C19H14F5N3O2/c1-10-4-2-3-5-12(10)29-9-14(28)25-13-6-7-27(26-13)8-11-15(20)17(22)19(24)18(23)16(11)21/h2-7H,8-9H2,1H3,(H,25,26,28). The second-order valence-electron chi connectivity index (χ2n) is 6.05. The van der Waals surface area contributed by atoms with E-state index in [0.29, 0.717) is 5.75 Å². The van der Waals surface area contributed by atoms with E-state index in [1.807, 2.05) is 19.1 Å². The van der Waals surface area contributed by atoms with Crippen LogP contribution in [0.15, 0.2) is 36.5 Å². The molecule has 0 bridgehead atoms. The fourth-order valence-electron chi connectivity index (χ4n) is 2.51. The minimum absolute atomic E-state index is 0.0206. The number of rotatable bonds is 6. The number of anilines is 1. The van der Waals surface area contributed by atoms with Crippen molar-refractivity contribution in [2.45, 2.75) is 13.5 Å². The van der Waals surface area contributed by atoms with Crippen molar-refractivity contribution in [2.24, 2.45) is 0 Å². The van der Waals surface area contributed by atoms with Gasteiger partial charge < -0.3 is 10.1 Å². The zero-order valence-electron chi connectivity index (χ0n) is 15.0. The van der Waals surface area contributed by atoms with Gasteiger partial charge in [-0.25, -0.2) is 22.0 Å². The smallest absolute Gasteiger partial charge is 0.263 e. The summed E-state index contributed by atoms with van der Waals surface area (Å²) in [6, 6.07) is 8.38. The number of aromatic nitrogens is 2. The van der Waals surface area contributed by atoms with Crippen molar-refractivity contribution in [1.29, 1.82) is 0 Å². The SMILES string of the molecule is Cc1ccccc1OCC(=O)Nc1ccn(Cc2c(F)c(F)c(F)c(F)c2F)n1. The van der Waals surface area contributed by atoms with Gasteiger partial charge in [0.1, 0.15) is 5.75 Å². The summed E-state index contributed by atoms with van der Waals surface area (Å²) in [4.78, 5) is 12.0. The van der Waals surface area contributed by atoms with E-state index in [0.717, 1.165) is 10.2 Å². The molecule has 2 aromatic carbocycles. The molecular formula is C19H14F5N3O2. The number of para-hydroxylation sites is 1. The lowest BCUT2D eigenvalue weighted by atomic mass is 10.1. The Hall–Kier alpha value is -3.43. The predicted molar refractivity (Wildman–Crippen MR) is 92.9 cm³/mol. The summed E-state index contributed by atoms with van der Waals surface area (Å²) in [6.07, 6.45) is 1.22. The van der Waals surface area contributed by atoms with Crippen LogP contribution >= 0.6 is 0 Å². The molecule has 1 amide bonds. The summed E-state index contributed by atoms with van der Waals surface area (Å²) in [5.41, 5.74) is -0.197. The van der Waals surface area contributed by atoms with Crippen molar-refractivity contribution >= 4 is 11.7 Å². The van der Waals surface area contributed by atoms with Crippen LogP contribution in [0.25, 0.3) is 0 Å². The van der Waals surface area contributed by atoms with E-state index in [4.69, 9.17) is 4.74 Å². The van der Waals surface area contributed by atoms with E-state index in [9.17, 15) is 26.7 Å². The number of benzene rings is 2. The Balaban J connectivity index is 1.66. The van der Waals surface area contributed by atoms with Crippen molar-refractivity contribution in [1.82, 2.24) is 9.78 Å². The highest BCUT2D eigenvalue weighted by atomic mass is 19.2. The molecule has 1 heterocycles. The molecule has 0 saturated carbocycles. The number of nitrogens with zero attached hydrogens (tertiary/aromatic N) is 2. The molecule has 0 aliphatic heterocycles. The van der Waals surface area contributed by atoms with Crippen LogP contribution in [0.2, 0.25) is 0 Å². The first kappa shape index (κ1) is 20.3. The second-order valence-corrected chi connectivity index (χ2v) is 6.05. The molecule has 0 atom stereocenters. The summed E-state index contributed by atoms with van der Waals surface area (Å²) >= 11 is 0. The molecule has 1 N–H and O–H groups in total. The highest BCUT2D eigenvalue weighted by Crippen LogP contribution is 2.24. The van der Waals surface area contributed by atoms with E-state index >= 15 is 0 Å². The number of nitrogens with one attached hydrogen (secondary N) is 1. The van der Waals surface area contributed by atoms with Crippen LogP contribution < -0.4 is 10.1 Å². The van der Waals surface area contributed by atoms with Crippen LogP contribution in [-0.2, 0) is 11.3 Å². The molecule has 5 nitrogen and oxygen atoms in total. The van der Waals surface area contributed by atoms with Gasteiger partial charge in [0.25, 0.3) is 5.91 Å². The lowest BCUT2D eigenvalue weighted by molar-refractivity contribution is -0.118. The van der Waals surface area contributed by atoms with Crippen LogP contribution in [0.4, 0.5) is 27.8 Å². The third-order valence-corrected chi connectivity index (χ3v) is 3.98. The summed E-state index contributed by atoms with van der Waals surface area (Å²) in [5.74, 6) is -10.2. The maximum atomic E-state index is 13.8. The largest absolute Gasteiger partial charge is 0.483 e. The Labute approximate surface area is 161 Å². The third kappa shape index (κ3) is 4.36. The highest BCUT2D eigenvalue weighted by molar-refractivity contribution is 5.90. The van der Waals surface area contributed by atoms with Gasteiger partial charge in [-0.05, 0) is 18.6 Å². The summed E-state index contributed by atoms with van der Waals surface area (Å²) in [7, 11) is 0. The van der Waals surface area contributed by atoms with Gasteiger partial charge in [-0.1, -0.05) is 18.2 Å². The molecule has 0 radical (unpaired) electrons. The molecule has 0 unspecified atom stereocenters. The average molecular weight is 411 g/mol. The first-order chi connectivity index (χ1) is 13.8. The third-order valence-electron chi connectivity index (χ3n) is 3.98. The van der Waals surface area contributed by atoms with Crippen molar-refractivity contribution < 1.29 is 31.5 Å². The molecule has 152 valence electrons. The monoisotopic (exact) mass is 411 g/mol. The van der Waals surface area contributed by atoms with E-state index in [2.05, 4.69) is 10.4 Å². The van der Waals surface area contributed by atoms with Gasteiger partial charge in [0.2, 0.25) is 5.82 Å². The fraction of sp³-hybridized carbons (Fsp3) is 0.158. The normalized spacial score (nSPS) is 10.8. The lowest BCUT2D eigenvalue weighted by Crippen LogP contribution is -2.21. The van der Waals surface area contributed by atoms with Crippen molar-refractivity contribution in [3.63, 3.8) is 0 Å². The molecule has 0 saturated heterocycles. The van der Waals surface area contributed by atoms with E-state index < -0.39 is 47.1 Å². The van der Waals surface area contributed by atoms with Crippen LogP contribution in [0, 0.1) is 36.0 Å². The van der Waals surface area contributed by atoms with Crippen molar-refractivity contribution in [3.05, 3.63) is 76.7 Å². The highest BCUT2D eigenvalue weighted by Gasteiger charge is 2.25. The summed E-state index contributed by atoms with van der Waals surface area (Å²) in [6.45, 7) is 0.783. The second kappa shape index (κ2) is 8.29. The van der Waals surface area contributed by atoms with Gasteiger partial charge in [-0.2, -0.15) is 5.10 Å². The van der Waals surface area contributed by atoms with Gasteiger partial charge in [0, 0.05) is 12.3 Å². The van der Waals surface area contributed by atoms with Gasteiger partial charge in [-0.15, -0.1) is 0 Å². The minimum Gasteiger partial charge on any atom is -0.483 e. The Morgan fingerprint density at radius 3 is 2.28 bits per heavy atom. The van der Waals surface area contributed by atoms with Crippen LogP contribution in [0.5, 0.6) is 5.75 Å². The molecular weight excluding hydrogens is 397 g/mol. The number of ether oxygens (including phenoxy) is 1. The molecule has 0 fully saturated rings. The maximum absolute atomic E-state index is 13.8. The van der Waals surface area contributed by atoms with Crippen LogP contribution in [0.3, 0.4) is 0 Å². The Morgan fingerprint density at radius 1 is 1.00 bits per heavy atom. The van der Waals surface area contributed by atoms with Gasteiger partial charge >= 0.3 is 0 Å². The molecule has 0 aliphatic rings. The van der Waals surface area contributed by atoms with Crippen molar-refractivity contribution in [3.8, 4) is 5.75 Å². The average Bonchev–Trinajstić information content (AvgIpc) is 3.14. The van der Waals surface area contributed by atoms with Gasteiger partial charge in [0.15, 0.2) is 35.7 Å². The molecule has 3 rings (SSSR count). The molecule has 29 heavy (non-hydrogen) atoms. The number of carbonyl (C=O) groups is 1. The van der Waals surface area contributed by atoms with Gasteiger partial charge in [0.05, 0.1) is 12.1 Å². The fourth-order valence-corrected chi connectivity index (χ4v) is 2.51. The zero-order chi connectivity index (χ0) is 21.1. The molecule has 10 heteroatoms. The molecule has 3 aromatic rings. The molecule has 1 aromatic heterocycles. The topological polar surface area (TPSA) is 56.1 Å². The number of halogens is 5. The maximum Gasteiger partial charge on any atom is 0.263 e. The Morgan fingerprint density at radius 2 is 1.62 bits per heavy atom. The Kier molecular flexibility index (Phi) is 5.81. The zero-order valence-corrected chi connectivity index (χ0v) is 15.0. The number of aryl methyl sites for hydroxylation is 1. The van der Waals surface area contributed by atoms with E-state index in [1.54, 1.807) is 12.1 Å². The Bertz CT molecular complexity index is 1040. The van der Waals surface area contributed by atoms with Crippen LogP contribution in [-0.4, -0.2) is 22.3 Å². The lowest BCUT2D eigenvalue weighted by Gasteiger charge is -2.09. The summed E-state index contributed by atoms with van der Waals surface area (Å²) in [5, 5.41) is 6.25. The van der Waals surface area contributed by atoms with E-state index in [1.165, 1.54) is 12.3 Å². The first-order valence-electron chi connectivity index (χ1n) is 8.30. The number of amides is 1. The molecule has 0 aliphatic carbocycles. The summed E-state index contributed by atoms with van der Waals surface area (Å²) < 4.78 is 73.4. The first-order valence-corrected chi connectivity index (χ1v) is 8.30.